The minimum atomic E-state index is -4.47. The van der Waals surface area contributed by atoms with Crippen LogP contribution in [0.4, 0.5) is 23.7 Å². The number of nitrogens with zero attached hydrogens (tertiary/aromatic N) is 2. The zero-order chi connectivity index (χ0) is 22.7. The van der Waals surface area contributed by atoms with Crippen molar-refractivity contribution in [1.82, 2.24) is 20.1 Å². The van der Waals surface area contributed by atoms with Gasteiger partial charge in [-0.15, -0.1) is 0 Å². The van der Waals surface area contributed by atoms with Crippen LogP contribution in [0.15, 0.2) is 66.8 Å². The third-order valence-electron chi connectivity index (χ3n) is 4.71. The molecule has 3 heterocycles. The summed E-state index contributed by atoms with van der Waals surface area (Å²) in [5.74, 6) is 0.721. The lowest BCUT2D eigenvalue weighted by molar-refractivity contribution is -0.676. The smallest absolute Gasteiger partial charge is 0.405 e. The molecule has 8 nitrogen and oxygen atoms in total. The van der Waals surface area contributed by atoms with E-state index in [1.807, 2.05) is 40.9 Å². The maximum Gasteiger partial charge on any atom is 0.405 e. The summed E-state index contributed by atoms with van der Waals surface area (Å²) < 4.78 is 43.8. The lowest BCUT2D eigenvalue weighted by Crippen LogP contribution is -2.91. The number of methoxy groups -OCH3 is 1. The van der Waals surface area contributed by atoms with E-state index in [0.717, 1.165) is 28.4 Å². The van der Waals surface area contributed by atoms with E-state index in [1.165, 1.54) is 0 Å². The zero-order valence-electron chi connectivity index (χ0n) is 16.9. The van der Waals surface area contributed by atoms with E-state index in [-0.39, 0.29) is 0 Å². The Kier molecular flexibility index (Phi) is 5.73. The van der Waals surface area contributed by atoms with Crippen LogP contribution in [-0.4, -0.2) is 35.2 Å². The van der Waals surface area contributed by atoms with Crippen molar-refractivity contribution in [2.24, 2.45) is 0 Å². The number of hydrogen-bond acceptors (Lipinski definition) is 4. The number of imidazole rings is 1. The third-order valence-corrected chi connectivity index (χ3v) is 4.71. The van der Waals surface area contributed by atoms with Gasteiger partial charge in [0.15, 0.2) is 0 Å². The highest BCUT2D eigenvalue weighted by molar-refractivity contribution is 5.90. The minimum absolute atomic E-state index is 0.363. The van der Waals surface area contributed by atoms with Gasteiger partial charge in [-0.25, -0.2) is 15.2 Å². The van der Waals surface area contributed by atoms with Crippen LogP contribution in [0, 0.1) is 0 Å². The highest BCUT2D eigenvalue weighted by Crippen LogP contribution is 2.25. The first kappa shape index (κ1) is 21.2. The second-order valence-electron chi connectivity index (χ2n) is 6.93. The van der Waals surface area contributed by atoms with E-state index < -0.39 is 18.8 Å². The molecular formula is C21H20F3N6O2+. The van der Waals surface area contributed by atoms with Gasteiger partial charge in [-0.2, -0.15) is 18.6 Å². The number of quaternary nitrogens is 1. The van der Waals surface area contributed by atoms with Crippen molar-refractivity contribution in [2.75, 3.05) is 19.0 Å². The van der Waals surface area contributed by atoms with Crippen LogP contribution < -0.4 is 21.5 Å². The second-order valence-corrected chi connectivity index (χ2v) is 6.93. The summed E-state index contributed by atoms with van der Waals surface area (Å²) in [7, 11) is 1.60. The van der Waals surface area contributed by atoms with Gasteiger partial charge >= 0.3 is 18.1 Å². The lowest BCUT2D eigenvalue weighted by Gasteiger charge is -2.14. The van der Waals surface area contributed by atoms with E-state index in [1.54, 1.807) is 42.2 Å². The van der Waals surface area contributed by atoms with E-state index >= 15 is 0 Å². The molecule has 0 saturated carbocycles. The molecule has 0 saturated heterocycles. The first-order chi connectivity index (χ1) is 15.3. The predicted molar refractivity (Wildman–Crippen MR) is 112 cm³/mol. The highest BCUT2D eigenvalue weighted by atomic mass is 19.4. The molecule has 1 aliphatic heterocycles. The number of pyridine rings is 1. The number of urea groups is 1. The van der Waals surface area contributed by atoms with Crippen molar-refractivity contribution in [2.45, 2.75) is 6.18 Å². The number of hydrogen-bond donors (Lipinski definition) is 4. The molecular weight excluding hydrogens is 425 g/mol. The number of ether oxygens (including phenoxy) is 1. The van der Waals surface area contributed by atoms with Crippen molar-refractivity contribution < 1.29 is 28.1 Å². The first-order valence-corrected chi connectivity index (χ1v) is 9.58. The standard InChI is InChI=1S/C21H19F3N6O2/c1-32-19-6-5-16(28-29-19)13-7-8-30-17(11-25-18(30)10-13)14-3-2-4-15(9-14)27-20(31)26-12-21(22,23)24/h2-11,28-29H,12H2,1H3,(H2,26,27,31)/p+1. The van der Waals surface area contributed by atoms with Gasteiger partial charge in [-0.3, -0.25) is 4.40 Å². The molecule has 1 aliphatic rings. The van der Waals surface area contributed by atoms with Crippen LogP contribution >= 0.6 is 0 Å². The molecule has 4 rings (SSSR count). The molecule has 0 fully saturated rings. The molecule has 2 aromatic heterocycles. The predicted octanol–water partition coefficient (Wildman–Crippen LogP) is 2.60. The van der Waals surface area contributed by atoms with Crippen molar-refractivity contribution in [1.29, 1.82) is 0 Å². The Morgan fingerprint density at radius 2 is 2.06 bits per heavy atom. The van der Waals surface area contributed by atoms with Crippen LogP contribution in [0.1, 0.15) is 5.56 Å². The summed E-state index contributed by atoms with van der Waals surface area (Å²) in [6.45, 7) is -1.40. The Labute approximate surface area is 180 Å². The summed E-state index contributed by atoms with van der Waals surface area (Å²) in [6, 6.07) is 9.72. The Bertz CT molecular complexity index is 1220. The molecule has 0 unspecified atom stereocenters. The van der Waals surface area contributed by atoms with Crippen LogP contribution in [0.3, 0.4) is 0 Å². The van der Waals surface area contributed by atoms with Crippen molar-refractivity contribution >= 4 is 23.1 Å². The summed E-state index contributed by atoms with van der Waals surface area (Å²) in [5.41, 5.74) is 9.36. The number of nitrogens with one attached hydrogen (secondary N) is 3. The zero-order valence-corrected chi connectivity index (χ0v) is 16.9. The lowest BCUT2D eigenvalue weighted by atomic mass is 10.1. The summed E-state index contributed by atoms with van der Waals surface area (Å²) in [6.07, 6.45) is 2.86. The molecule has 32 heavy (non-hydrogen) atoms. The fourth-order valence-electron chi connectivity index (χ4n) is 3.19. The van der Waals surface area contributed by atoms with E-state index in [0.29, 0.717) is 11.3 Å². The van der Waals surface area contributed by atoms with Crippen LogP contribution in [-0.2, 0) is 4.74 Å². The van der Waals surface area contributed by atoms with Gasteiger partial charge in [-0.05, 0) is 30.3 Å². The Morgan fingerprint density at radius 3 is 2.78 bits per heavy atom. The van der Waals surface area contributed by atoms with Gasteiger partial charge in [0.25, 0.3) is 0 Å². The molecule has 1 aromatic carbocycles. The van der Waals surface area contributed by atoms with Crippen LogP contribution in [0.25, 0.3) is 22.6 Å². The number of benzene rings is 1. The topological polar surface area (TPSA) is 96.3 Å². The Morgan fingerprint density at radius 1 is 1.22 bits per heavy atom. The number of carbonyl (C=O) groups excluding carboxylic acids is 1. The first-order valence-electron chi connectivity index (χ1n) is 9.58. The second kappa shape index (κ2) is 8.63. The molecule has 0 spiro atoms. The molecule has 166 valence electrons. The van der Waals surface area contributed by atoms with Gasteiger partial charge in [0.2, 0.25) is 0 Å². The summed E-state index contributed by atoms with van der Waals surface area (Å²) in [5, 5.41) is 4.19. The fourth-order valence-corrected chi connectivity index (χ4v) is 3.19. The number of nitrogens with two attached hydrogens (primary N) is 1. The maximum absolute atomic E-state index is 12.3. The largest absolute Gasteiger partial charge is 0.454 e. The molecule has 11 heteroatoms. The number of aromatic nitrogens is 2. The molecule has 0 radical (unpaired) electrons. The van der Waals surface area contributed by atoms with Gasteiger partial charge in [0.05, 0.1) is 24.7 Å². The van der Waals surface area contributed by atoms with E-state index in [4.69, 9.17) is 4.74 Å². The van der Waals surface area contributed by atoms with Crippen LogP contribution in [0.5, 0.6) is 0 Å². The fraction of sp³-hybridized carbons (Fsp3) is 0.143. The van der Waals surface area contributed by atoms with Crippen molar-refractivity contribution in [3.8, 4) is 11.3 Å². The normalized spacial score (nSPS) is 13.8. The van der Waals surface area contributed by atoms with Gasteiger partial charge < -0.3 is 15.4 Å². The molecule has 0 aliphatic carbocycles. The van der Waals surface area contributed by atoms with Gasteiger partial charge in [0.1, 0.15) is 12.2 Å². The number of fused-ring (bicyclic) bond motifs is 1. The molecule has 0 atom stereocenters. The molecule has 3 aromatic rings. The summed E-state index contributed by atoms with van der Waals surface area (Å²) in [4.78, 5) is 16.2. The monoisotopic (exact) mass is 445 g/mol. The average Bonchev–Trinajstić information content (AvgIpc) is 3.21. The van der Waals surface area contributed by atoms with E-state index in [9.17, 15) is 18.0 Å². The summed E-state index contributed by atoms with van der Waals surface area (Å²) >= 11 is 0. The Balaban J connectivity index is 1.54. The van der Waals surface area contributed by atoms with Crippen LogP contribution in [0.2, 0.25) is 0 Å². The molecule has 0 bridgehead atoms. The molecule has 5 N–H and O–H groups in total. The SMILES string of the molecule is COC1=CC=C(c2ccn3c(-c4cccc(NC(=O)NCC(F)(F)F)c4)cnc3c2)N[NH2+]1. The number of amides is 2. The highest BCUT2D eigenvalue weighted by Gasteiger charge is 2.27. The number of rotatable bonds is 5. The van der Waals surface area contributed by atoms with Gasteiger partial charge in [-0.1, -0.05) is 12.1 Å². The number of alkyl halides is 3. The Hall–Kier alpha value is -3.99. The number of halogens is 3. The third kappa shape index (κ3) is 4.83. The van der Waals surface area contributed by atoms with Crippen molar-refractivity contribution in [3.63, 3.8) is 0 Å². The van der Waals surface area contributed by atoms with E-state index in [2.05, 4.69) is 15.7 Å². The van der Waals surface area contributed by atoms with Gasteiger partial charge in [0, 0.05) is 29.1 Å². The number of allylic oxidation sites excluding steroid dienone is 2. The quantitative estimate of drug-likeness (QED) is 0.454. The number of carbonyl (C=O) groups is 1. The van der Waals surface area contributed by atoms with Crippen molar-refractivity contribution in [3.05, 3.63) is 72.4 Å². The average molecular weight is 445 g/mol. The molecule has 2 amide bonds. The number of anilines is 1. The minimum Gasteiger partial charge on any atom is -0.454 e. The maximum atomic E-state index is 12.3.